The summed E-state index contributed by atoms with van der Waals surface area (Å²) >= 11 is 0. The fourth-order valence-electron chi connectivity index (χ4n) is 5.08. The van der Waals surface area contributed by atoms with Crippen LogP contribution < -0.4 is 0 Å². The topological polar surface area (TPSA) is 256 Å². The second-order valence-corrected chi connectivity index (χ2v) is 14.8. The number of phosphoric ester groups is 2. The lowest BCUT2D eigenvalue weighted by Gasteiger charge is -2.43. The average molecular weight is 853 g/mol. The van der Waals surface area contributed by atoms with E-state index in [4.69, 9.17) is 34.7 Å². The van der Waals surface area contributed by atoms with E-state index in [0.29, 0.717) is 6.42 Å². The number of carbonyl (C=O) groups excluding carboxylic acids is 2. The van der Waals surface area contributed by atoms with Gasteiger partial charge in [-0.05, 0) is 53.8 Å². The third-order valence-electron chi connectivity index (χ3n) is 7.78. The van der Waals surface area contributed by atoms with E-state index in [-0.39, 0.29) is 32.8 Å². The van der Waals surface area contributed by atoms with Crippen LogP contribution in [0.25, 0.3) is 0 Å². The summed E-state index contributed by atoms with van der Waals surface area (Å²) in [7, 11) is -10.7. The SMILES string of the molecule is C#CC#CC#CC#CC#CC(=O)OC[C@H](COP(=O)(O)OC1C(O)[C@H](O)C(OP(=O)(O)O)C(O)[C@@H]1O)OC(=O)CCCCCCCCCCCCCCC.S.[HH].[HH].[HH].[HH].[HH].[HH].[HH].[HH].[HH]. The number of hydrogen-bond donors (Lipinski definition) is 7. The van der Waals surface area contributed by atoms with Crippen LogP contribution in [0.15, 0.2) is 0 Å². The number of esters is 2. The highest BCUT2D eigenvalue weighted by Gasteiger charge is 2.54. The summed E-state index contributed by atoms with van der Waals surface area (Å²) in [4.78, 5) is 53.0. The van der Waals surface area contributed by atoms with Gasteiger partial charge in [0.15, 0.2) is 6.10 Å². The number of ether oxygens (including phenoxy) is 2. The van der Waals surface area contributed by atoms with Crippen LogP contribution in [-0.2, 0) is 41.8 Å². The number of phosphoric acid groups is 2. The van der Waals surface area contributed by atoms with E-state index in [9.17, 15) is 44.0 Å². The first-order valence-corrected chi connectivity index (χ1v) is 20.6. The third kappa shape index (κ3) is 24.4. The van der Waals surface area contributed by atoms with E-state index in [1.165, 1.54) is 44.9 Å². The largest absolute Gasteiger partial charge is 0.472 e. The van der Waals surface area contributed by atoms with E-state index in [1.807, 2.05) is 5.92 Å². The predicted octanol–water partition coefficient (Wildman–Crippen LogP) is 4.33. The summed E-state index contributed by atoms with van der Waals surface area (Å²) < 4.78 is 48.1. The molecule has 7 N–H and O–H groups in total. The number of hydrogen-bond acceptors (Lipinski definition) is 13. The van der Waals surface area contributed by atoms with Crippen molar-refractivity contribution >= 4 is 41.1 Å². The molecular weight excluding hydrogens is 782 g/mol. The maximum atomic E-state index is 12.8. The van der Waals surface area contributed by atoms with Crippen molar-refractivity contribution in [2.75, 3.05) is 13.2 Å². The van der Waals surface area contributed by atoms with Crippen LogP contribution in [0.3, 0.4) is 0 Å². The molecule has 1 fully saturated rings. The molecule has 0 heterocycles. The molecule has 0 aromatic rings. The number of unbranched alkanes of at least 4 members (excludes halogenated alkanes) is 12. The molecule has 0 spiro atoms. The molecule has 0 amide bonds. The summed E-state index contributed by atoms with van der Waals surface area (Å²) in [5, 5.41) is 41.1. The van der Waals surface area contributed by atoms with E-state index < -0.39 is 83.5 Å². The Morgan fingerprint density at radius 2 is 1.11 bits per heavy atom. The molecule has 0 radical (unpaired) electrons. The van der Waals surface area contributed by atoms with Gasteiger partial charge in [-0.1, -0.05) is 84.0 Å². The van der Waals surface area contributed by atoms with Gasteiger partial charge in [0.05, 0.1) is 6.61 Å². The Labute approximate surface area is 343 Å². The standard InChI is InChI=1S/C36H50O16P2.H2S.9H2/c1-3-5-7-9-11-13-14-15-16-17-19-21-23-25-30(38)50-28(26-48-29(37)24-22-20-18-12-10-8-6-4-2)27-49-54(46,47)52-36-33(41)31(39)35(32(40)34(36)42)51-53(43,44)45;;;;;;;;;;/h2,28,31-36,39-42H,3,5,7,9,11,13-17,19,21,23,25-27H2,1H3,(H,46,47)(H2,43,44,45);1H2;9*1H/t28-,31+,32?,33?,34+,35?,36?;;;;;;;;;;/m1........../s1. The minimum Gasteiger partial charge on any atom is -0.456 e. The van der Waals surface area contributed by atoms with Crippen LogP contribution in [0.4, 0.5) is 0 Å². The van der Waals surface area contributed by atoms with Crippen molar-refractivity contribution < 1.29 is 89.7 Å². The highest BCUT2D eigenvalue weighted by Crippen LogP contribution is 2.48. The normalized spacial score (nSPS) is 21.7. The Hall–Kier alpha value is -2.85. The van der Waals surface area contributed by atoms with Gasteiger partial charge >= 0.3 is 27.6 Å². The molecule has 1 saturated carbocycles. The molecule has 1 rings (SSSR count). The highest BCUT2D eigenvalue weighted by molar-refractivity contribution is 7.59. The van der Waals surface area contributed by atoms with Crippen LogP contribution in [0.5, 0.6) is 0 Å². The molecule has 19 heteroatoms. The summed E-state index contributed by atoms with van der Waals surface area (Å²) in [6.07, 6.45) is 3.99. The Balaban J connectivity index is -0.000000364. The number of terminal acetylenes is 1. The van der Waals surface area contributed by atoms with Gasteiger partial charge in [0.2, 0.25) is 0 Å². The van der Waals surface area contributed by atoms with Gasteiger partial charge in [-0.2, -0.15) is 13.5 Å². The van der Waals surface area contributed by atoms with Crippen LogP contribution in [0.1, 0.15) is 110 Å². The maximum absolute atomic E-state index is 12.8. The zero-order valence-corrected chi connectivity index (χ0v) is 33.4. The van der Waals surface area contributed by atoms with Gasteiger partial charge in [0.25, 0.3) is 0 Å². The first-order chi connectivity index (χ1) is 25.6. The van der Waals surface area contributed by atoms with Crippen LogP contribution in [0.2, 0.25) is 0 Å². The van der Waals surface area contributed by atoms with E-state index in [2.05, 4.69) is 58.8 Å². The molecule has 5 unspecified atom stereocenters. The van der Waals surface area contributed by atoms with Gasteiger partial charge < -0.3 is 44.6 Å². The van der Waals surface area contributed by atoms with Gasteiger partial charge in [-0.15, -0.1) is 6.42 Å². The zero-order chi connectivity index (χ0) is 40.4. The highest BCUT2D eigenvalue weighted by atomic mass is 32.1. The lowest BCUT2D eigenvalue weighted by atomic mass is 9.85. The molecule has 55 heavy (non-hydrogen) atoms. The van der Waals surface area contributed by atoms with Crippen molar-refractivity contribution in [3.05, 3.63) is 0 Å². The van der Waals surface area contributed by atoms with Crippen molar-refractivity contribution in [2.45, 2.75) is 140 Å². The first-order valence-electron chi connectivity index (χ1n) is 17.6. The number of carbonyl (C=O) groups is 2. The average Bonchev–Trinajstić information content (AvgIpc) is 3.11. The maximum Gasteiger partial charge on any atom is 0.472 e. The van der Waals surface area contributed by atoms with Gasteiger partial charge in [0.1, 0.15) is 43.2 Å². The molecule has 1 aliphatic rings. The molecule has 0 aromatic carbocycles. The van der Waals surface area contributed by atoms with Crippen molar-refractivity contribution in [2.24, 2.45) is 0 Å². The van der Waals surface area contributed by atoms with Gasteiger partial charge in [0, 0.05) is 25.2 Å². The summed E-state index contributed by atoms with van der Waals surface area (Å²) in [5.41, 5.74) is 0. The lowest BCUT2D eigenvalue weighted by molar-refractivity contribution is -0.216. The van der Waals surface area contributed by atoms with E-state index in [1.54, 1.807) is 0 Å². The number of aliphatic hydroxyl groups excluding tert-OH is 4. The molecule has 0 bridgehead atoms. The Bertz CT molecular complexity index is 1590. The zero-order valence-electron chi connectivity index (χ0n) is 30.6. The minimum atomic E-state index is -5.33. The molecule has 0 aromatic heterocycles. The Morgan fingerprint density at radius 3 is 1.58 bits per heavy atom. The van der Waals surface area contributed by atoms with E-state index in [0.717, 1.165) is 32.1 Å². The number of rotatable bonds is 24. The molecule has 326 valence electrons. The van der Waals surface area contributed by atoms with Crippen LogP contribution in [-0.4, -0.2) is 103 Å². The predicted molar refractivity (Wildman–Crippen MR) is 222 cm³/mol. The summed E-state index contributed by atoms with van der Waals surface area (Å²) in [5.74, 6) is 18.2. The first kappa shape index (κ1) is 52.2. The second-order valence-electron chi connectivity index (χ2n) is 12.2. The van der Waals surface area contributed by atoms with Crippen molar-refractivity contribution in [1.82, 2.24) is 0 Å². The van der Waals surface area contributed by atoms with Crippen molar-refractivity contribution in [3.8, 4) is 59.7 Å². The molecule has 16 nitrogen and oxygen atoms in total. The fraction of sp³-hybridized carbons (Fsp3) is 0.667. The van der Waals surface area contributed by atoms with Crippen LogP contribution in [0, 0.1) is 59.7 Å². The minimum absolute atomic E-state index is 0. The quantitative estimate of drug-likeness (QED) is 0.0234. The summed E-state index contributed by atoms with van der Waals surface area (Å²) in [6.45, 7) is 0.557. The van der Waals surface area contributed by atoms with Gasteiger partial charge in [-0.25, -0.2) is 13.9 Å². The lowest BCUT2D eigenvalue weighted by Crippen LogP contribution is -2.64. The van der Waals surface area contributed by atoms with Crippen LogP contribution >= 0.6 is 29.1 Å². The fourth-order valence-corrected chi connectivity index (χ4v) is 6.62. The third-order valence-corrected chi connectivity index (χ3v) is 9.28. The second kappa shape index (κ2) is 29.4. The monoisotopic (exact) mass is 852 g/mol. The van der Waals surface area contributed by atoms with E-state index >= 15 is 0 Å². The molecule has 1 aliphatic carbocycles. The Kier molecular flexibility index (Phi) is 27.9. The number of aliphatic hydroxyl groups is 4. The van der Waals surface area contributed by atoms with Crippen molar-refractivity contribution in [3.63, 3.8) is 0 Å². The molecular formula is C36H70O16P2S. The van der Waals surface area contributed by atoms with Gasteiger partial charge in [-0.3, -0.25) is 18.4 Å². The molecule has 8 atom stereocenters. The molecule has 0 aliphatic heterocycles. The smallest absolute Gasteiger partial charge is 0.456 e. The van der Waals surface area contributed by atoms with Crippen molar-refractivity contribution in [1.29, 1.82) is 0 Å². The molecule has 0 saturated heterocycles. The summed E-state index contributed by atoms with van der Waals surface area (Å²) in [6, 6.07) is 0. The Morgan fingerprint density at radius 1 is 0.673 bits per heavy atom.